The van der Waals surface area contributed by atoms with Crippen LogP contribution < -0.4 is 10.1 Å². The molecule has 8 nitrogen and oxygen atoms in total. The summed E-state index contributed by atoms with van der Waals surface area (Å²) in [7, 11) is 1.52. The van der Waals surface area contributed by atoms with E-state index in [0.717, 1.165) is 37.1 Å². The number of amides is 2. The molecule has 8 heteroatoms. The number of nitrogens with one attached hydrogen (secondary N) is 1. The van der Waals surface area contributed by atoms with Crippen molar-refractivity contribution in [2.45, 2.75) is 44.8 Å². The van der Waals surface area contributed by atoms with E-state index in [2.05, 4.69) is 10.5 Å². The smallest absolute Gasteiger partial charge is 0.251 e. The second-order valence-corrected chi connectivity index (χ2v) is 7.31. The van der Waals surface area contributed by atoms with Gasteiger partial charge >= 0.3 is 0 Å². The van der Waals surface area contributed by atoms with Crippen molar-refractivity contribution < 1.29 is 23.9 Å². The summed E-state index contributed by atoms with van der Waals surface area (Å²) in [6.45, 7) is 3.93. The Morgan fingerprint density at radius 2 is 1.97 bits per heavy atom. The highest BCUT2D eigenvalue weighted by molar-refractivity contribution is 5.94. The fourth-order valence-corrected chi connectivity index (χ4v) is 3.43. The lowest BCUT2D eigenvalue weighted by molar-refractivity contribution is -0.136. The quantitative estimate of drug-likeness (QED) is 0.717. The van der Waals surface area contributed by atoms with E-state index in [0.29, 0.717) is 25.2 Å². The number of oxime groups is 1. The van der Waals surface area contributed by atoms with Gasteiger partial charge < -0.3 is 24.5 Å². The Bertz CT molecular complexity index is 726. The number of piperidine rings is 1. The van der Waals surface area contributed by atoms with E-state index in [-0.39, 0.29) is 30.6 Å². The predicted molar refractivity (Wildman–Crippen MR) is 108 cm³/mol. The van der Waals surface area contributed by atoms with Gasteiger partial charge in [0.15, 0.2) is 0 Å². The molecule has 1 atom stereocenters. The Labute approximate surface area is 171 Å². The van der Waals surface area contributed by atoms with E-state index in [1.165, 1.54) is 7.11 Å². The van der Waals surface area contributed by atoms with E-state index in [1.807, 2.05) is 19.1 Å². The maximum atomic E-state index is 12.3. The van der Waals surface area contributed by atoms with Crippen LogP contribution in [0.2, 0.25) is 0 Å². The molecule has 29 heavy (non-hydrogen) atoms. The van der Waals surface area contributed by atoms with Crippen LogP contribution in [0.1, 0.15) is 43.0 Å². The summed E-state index contributed by atoms with van der Waals surface area (Å²) in [5, 5.41) is 6.88. The zero-order chi connectivity index (χ0) is 20.6. The van der Waals surface area contributed by atoms with Crippen LogP contribution in [0, 0.1) is 0 Å². The van der Waals surface area contributed by atoms with Gasteiger partial charge in [0, 0.05) is 45.0 Å². The lowest BCUT2D eigenvalue weighted by Crippen LogP contribution is -2.43. The fourth-order valence-electron chi connectivity index (χ4n) is 3.43. The second kappa shape index (κ2) is 10.2. The summed E-state index contributed by atoms with van der Waals surface area (Å²) >= 11 is 0. The molecule has 2 aliphatic rings. The van der Waals surface area contributed by atoms with Gasteiger partial charge in [-0.3, -0.25) is 9.59 Å². The zero-order valence-electron chi connectivity index (χ0n) is 17.1. The molecule has 0 aliphatic carbocycles. The monoisotopic (exact) mass is 403 g/mol. The van der Waals surface area contributed by atoms with Gasteiger partial charge in [0.1, 0.15) is 24.6 Å². The van der Waals surface area contributed by atoms with E-state index in [1.54, 1.807) is 17.0 Å². The molecular weight excluding hydrogens is 374 g/mol. The molecule has 1 N–H and O–H groups in total. The van der Waals surface area contributed by atoms with Crippen molar-refractivity contribution in [1.82, 2.24) is 10.2 Å². The van der Waals surface area contributed by atoms with E-state index < -0.39 is 0 Å². The molecule has 0 saturated carbocycles. The van der Waals surface area contributed by atoms with Gasteiger partial charge in [-0.25, -0.2) is 0 Å². The summed E-state index contributed by atoms with van der Waals surface area (Å²) in [5.41, 5.74) is 1.60. The molecule has 3 rings (SSSR count). The van der Waals surface area contributed by atoms with Crippen molar-refractivity contribution in [3.05, 3.63) is 29.8 Å². The Morgan fingerprint density at radius 1 is 1.24 bits per heavy atom. The van der Waals surface area contributed by atoms with Gasteiger partial charge in [-0.1, -0.05) is 12.1 Å². The third-order valence-corrected chi connectivity index (χ3v) is 5.17. The Morgan fingerprint density at radius 3 is 2.59 bits per heavy atom. The number of nitrogens with zero attached hydrogens (tertiary/aromatic N) is 2. The highest BCUT2D eigenvalue weighted by Crippen LogP contribution is 2.20. The normalized spacial score (nSPS) is 19.4. The maximum Gasteiger partial charge on any atom is 0.251 e. The van der Waals surface area contributed by atoms with E-state index in [4.69, 9.17) is 14.3 Å². The van der Waals surface area contributed by atoms with Gasteiger partial charge in [0.25, 0.3) is 5.91 Å². The number of benzene rings is 1. The van der Waals surface area contributed by atoms with Gasteiger partial charge in [0.2, 0.25) is 5.91 Å². The van der Waals surface area contributed by atoms with Crippen molar-refractivity contribution in [3.8, 4) is 5.75 Å². The molecular formula is C21H29N3O5. The summed E-state index contributed by atoms with van der Waals surface area (Å²) in [4.78, 5) is 31.3. The van der Waals surface area contributed by atoms with Gasteiger partial charge in [0.05, 0.1) is 12.3 Å². The molecule has 1 fully saturated rings. The highest BCUT2D eigenvalue weighted by atomic mass is 16.6. The first-order valence-electron chi connectivity index (χ1n) is 10.1. The molecule has 0 aromatic heterocycles. The summed E-state index contributed by atoms with van der Waals surface area (Å²) in [6, 6.07) is 7.13. The first-order valence-corrected chi connectivity index (χ1v) is 10.1. The third-order valence-electron chi connectivity index (χ3n) is 5.17. The molecule has 0 bridgehead atoms. The minimum atomic E-state index is -0.143. The number of likely N-dealkylation sites (tertiary alicyclic amines) is 1. The predicted octanol–water partition coefficient (Wildman–Crippen LogP) is 1.99. The van der Waals surface area contributed by atoms with Gasteiger partial charge in [-0.15, -0.1) is 0 Å². The minimum Gasteiger partial charge on any atom is -0.490 e. The van der Waals surface area contributed by atoms with Crippen LogP contribution >= 0.6 is 0 Å². The molecule has 1 aromatic carbocycles. The van der Waals surface area contributed by atoms with Crippen LogP contribution in [0.15, 0.2) is 29.4 Å². The average molecular weight is 403 g/mol. The number of hydrogen-bond acceptors (Lipinski definition) is 6. The van der Waals surface area contributed by atoms with Crippen molar-refractivity contribution in [2.24, 2.45) is 5.16 Å². The third kappa shape index (κ3) is 5.93. The number of rotatable bonds is 8. The standard InChI is InChI=1S/C21H29N3O5/c1-3-16-12-19(29-23-16)13-22-21(26)15-4-6-17(7-5-15)28-18-8-10-24(11-9-18)20(25)14-27-2/h4-7,18-19H,3,8-14H2,1-2H3,(H,22,26)/t19-/m0/s1. The molecule has 0 unspecified atom stereocenters. The van der Waals surface area contributed by atoms with Crippen LogP contribution in [0.3, 0.4) is 0 Å². The molecule has 2 amide bonds. The number of hydrogen-bond donors (Lipinski definition) is 1. The summed E-state index contributed by atoms with van der Waals surface area (Å²) < 4.78 is 10.9. The van der Waals surface area contributed by atoms with Crippen LogP contribution in [0.25, 0.3) is 0 Å². The first-order chi connectivity index (χ1) is 14.1. The van der Waals surface area contributed by atoms with E-state index >= 15 is 0 Å². The number of carbonyl (C=O) groups excluding carboxylic acids is 2. The summed E-state index contributed by atoms with van der Waals surface area (Å²) in [5.74, 6) is 0.597. The SMILES string of the molecule is CCC1=NO[C@H](CNC(=O)c2ccc(OC3CCN(C(=O)COC)CC3)cc2)C1. The zero-order valence-corrected chi connectivity index (χ0v) is 17.1. The molecule has 0 radical (unpaired) electrons. The molecule has 0 spiro atoms. The lowest BCUT2D eigenvalue weighted by Gasteiger charge is -2.32. The van der Waals surface area contributed by atoms with Crippen LogP contribution in [-0.2, 0) is 14.4 Å². The van der Waals surface area contributed by atoms with Crippen LogP contribution in [0.4, 0.5) is 0 Å². The summed E-state index contributed by atoms with van der Waals surface area (Å²) in [6.07, 6.45) is 3.17. The number of carbonyl (C=O) groups is 2. The number of methoxy groups -OCH3 is 1. The average Bonchev–Trinajstić information content (AvgIpc) is 3.21. The molecule has 2 heterocycles. The second-order valence-electron chi connectivity index (χ2n) is 7.31. The van der Waals surface area contributed by atoms with E-state index in [9.17, 15) is 9.59 Å². The first kappa shape index (κ1) is 21.1. The van der Waals surface area contributed by atoms with Gasteiger partial charge in [-0.2, -0.15) is 0 Å². The molecule has 1 aromatic rings. The minimum absolute atomic E-state index is 0.0156. The Balaban J connectivity index is 1.41. The molecule has 158 valence electrons. The van der Waals surface area contributed by atoms with Crippen molar-refractivity contribution in [1.29, 1.82) is 0 Å². The molecule has 1 saturated heterocycles. The van der Waals surface area contributed by atoms with Crippen LogP contribution in [0.5, 0.6) is 5.75 Å². The molecule has 2 aliphatic heterocycles. The fraction of sp³-hybridized carbons (Fsp3) is 0.571. The highest BCUT2D eigenvalue weighted by Gasteiger charge is 2.24. The van der Waals surface area contributed by atoms with Crippen LogP contribution in [-0.4, -0.2) is 68.0 Å². The maximum absolute atomic E-state index is 12.3. The van der Waals surface area contributed by atoms with Gasteiger partial charge in [-0.05, 0) is 30.7 Å². The van der Waals surface area contributed by atoms with Crippen molar-refractivity contribution in [2.75, 3.05) is 33.4 Å². The Kier molecular flexibility index (Phi) is 7.46. The lowest BCUT2D eigenvalue weighted by atomic mass is 10.1. The Hall–Kier alpha value is -2.61. The van der Waals surface area contributed by atoms with Crippen molar-refractivity contribution in [3.63, 3.8) is 0 Å². The topological polar surface area (TPSA) is 89.5 Å². The van der Waals surface area contributed by atoms with Crippen molar-refractivity contribution >= 4 is 17.5 Å². The number of ether oxygens (including phenoxy) is 2. The largest absolute Gasteiger partial charge is 0.490 e.